The molecule has 0 saturated heterocycles. The molecule has 0 spiro atoms. The first-order valence-electron chi connectivity index (χ1n) is 6.83. The summed E-state index contributed by atoms with van der Waals surface area (Å²) >= 11 is 4.80. The highest BCUT2D eigenvalue weighted by atomic mass is 32.1. The Labute approximate surface area is 119 Å². The molecule has 0 aliphatic heterocycles. The zero-order chi connectivity index (χ0) is 14.0. The van der Waals surface area contributed by atoms with Crippen molar-refractivity contribution < 1.29 is 4.39 Å². The van der Waals surface area contributed by atoms with Crippen molar-refractivity contribution in [2.45, 2.75) is 39.2 Å². The summed E-state index contributed by atoms with van der Waals surface area (Å²) in [5.41, 5.74) is 6.57. The van der Waals surface area contributed by atoms with Crippen LogP contribution in [0.5, 0.6) is 0 Å². The van der Waals surface area contributed by atoms with Gasteiger partial charge in [0.05, 0.1) is 0 Å². The zero-order valence-corrected chi connectivity index (χ0v) is 12.3. The van der Waals surface area contributed by atoms with E-state index in [2.05, 4.69) is 19.2 Å². The lowest BCUT2D eigenvalue weighted by molar-refractivity contribution is 0.261. The SMILES string of the molecule is CC1CCC(Nc2ccc(C(N)=S)c(F)c2)CC1C. The van der Waals surface area contributed by atoms with E-state index in [0.717, 1.165) is 24.4 Å². The van der Waals surface area contributed by atoms with Crippen LogP contribution >= 0.6 is 12.2 Å². The maximum Gasteiger partial charge on any atom is 0.135 e. The normalized spacial score (nSPS) is 27.0. The van der Waals surface area contributed by atoms with Crippen molar-refractivity contribution in [2.75, 3.05) is 5.32 Å². The molecular formula is C15H21FN2S. The second kappa shape index (κ2) is 5.87. The van der Waals surface area contributed by atoms with Crippen molar-refractivity contribution in [3.05, 3.63) is 29.6 Å². The van der Waals surface area contributed by atoms with Gasteiger partial charge in [-0.25, -0.2) is 4.39 Å². The third-order valence-electron chi connectivity index (χ3n) is 4.20. The summed E-state index contributed by atoms with van der Waals surface area (Å²) in [5.74, 6) is 1.15. The third-order valence-corrected chi connectivity index (χ3v) is 4.42. The minimum absolute atomic E-state index is 0.101. The highest BCUT2D eigenvalue weighted by molar-refractivity contribution is 7.80. The molecule has 1 aromatic carbocycles. The standard InChI is InChI=1S/C15H21FN2S/c1-9-3-4-11(7-10(9)2)18-12-5-6-13(15(17)19)14(16)8-12/h5-6,8-11,18H,3-4,7H2,1-2H3,(H2,17,19). The predicted molar refractivity (Wildman–Crippen MR) is 81.9 cm³/mol. The van der Waals surface area contributed by atoms with Crippen LogP contribution in [0.3, 0.4) is 0 Å². The lowest BCUT2D eigenvalue weighted by atomic mass is 9.79. The summed E-state index contributed by atoms with van der Waals surface area (Å²) in [6, 6.07) is 5.41. The number of halogens is 1. The molecule has 1 aliphatic rings. The Bertz CT molecular complexity index is 475. The summed E-state index contributed by atoms with van der Waals surface area (Å²) in [5, 5.41) is 3.41. The first-order valence-corrected chi connectivity index (χ1v) is 7.24. The molecule has 3 atom stereocenters. The van der Waals surface area contributed by atoms with Crippen molar-refractivity contribution in [3.63, 3.8) is 0 Å². The van der Waals surface area contributed by atoms with E-state index in [1.165, 1.54) is 12.5 Å². The van der Waals surface area contributed by atoms with Gasteiger partial charge in [-0.3, -0.25) is 0 Å². The van der Waals surface area contributed by atoms with Crippen LogP contribution in [0.4, 0.5) is 10.1 Å². The van der Waals surface area contributed by atoms with Crippen LogP contribution in [0.2, 0.25) is 0 Å². The van der Waals surface area contributed by atoms with Gasteiger partial charge in [0.1, 0.15) is 10.8 Å². The average Bonchev–Trinajstić information content (AvgIpc) is 2.33. The van der Waals surface area contributed by atoms with E-state index >= 15 is 0 Å². The number of nitrogens with one attached hydrogen (secondary N) is 1. The number of benzene rings is 1. The quantitative estimate of drug-likeness (QED) is 0.829. The van der Waals surface area contributed by atoms with E-state index in [0.29, 0.717) is 17.5 Å². The predicted octanol–water partition coefficient (Wildman–Crippen LogP) is 3.70. The smallest absolute Gasteiger partial charge is 0.135 e. The van der Waals surface area contributed by atoms with Crippen molar-refractivity contribution in [1.82, 2.24) is 0 Å². The molecule has 0 radical (unpaired) electrons. The molecule has 0 bridgehead atoms. The summed E-state index contributed by atoms with van der Waals surface area (Å²) in [4.78, 5) is 0.101. The highest BCUT2D eigenvalue weighted by Gasteiger charge is 2.24. The third kappa shape index (κ3) is 3.44. The molecule has 19 heavy (non-hydrogen) atoms. The van der Waals surface area contributed by atoms with Crippen LogP contribution in [0.1, 0.15) is 38.7 Å². The van der Waals surface area contributed by atoms with Gasteiger partial charge >= 0.3 is 0 Å². The van der Waals surface area contributed by atoms with Gasteiger partial charge in [0, 0.05) is 17.3 Å². The van der Waals surface area contributed by atoms with E-state index < -0.39 is 0 Å². The molecule has 1 fully saturated rings. The van der Waals surface area contributed by atoms with Crippen molar-refractivity contribution >= 4 is 22.9 Å². The molecule has 1 aromatic rings. The summed E-state index contributed by atoms with van der Waals surface area (Å²) in [6.07, 6.45) is 3.51. The number of nitrogens with two attached hydrogens (primary N) is 1. The Kier molecular flexibility index (Phi) is 4.40. The molecule has 1 saturated carbocycles. The molecule has 3 unspecified atom stereocenters. The van der Waals surface area contributed by atoms with Crippen LogP contribution in [-0.2, 0) is 0 Å². The molecule has 0 amide bonds. The van der Waals surface area contributed by atoms with Crippen LogP contribution in [0.15, 0.2) is 18.2 Å². The second-order valence-corrected chi connectivity index (χ2v) is 6.11. The first kappa shape index (κ1) is 14.3. The van der Waals surface area contributed by atoms with E-state index in [1.807, 2.05) is 6.07 Å². The lowest BCUT2D eigenvalue weighted by Crippen LogP contribution is -2.30. The Hall–Kier alpha value is -1.16. The number of thiocarbonyl (C=S) groups is 1. The van der Waals surface area contributed by atoms with Crippen LogP contribution in [0, 0.1) is 17.7 Å². The van der Waals surface area contributed by atoms with Gasteiger partial charge in [0.2, 0.25) is 0 Å². The maximum absolute atomic E-state index is 13.8. The highest BCUT2D eigenvalue weighted by Crippen LogP contribution is 2.31. The van der Waals surface area contributed by atoms with Crippen LogP contribution < -0.4 is 11.1 Å². The van der Waals surface area contributed by atoms with E-state index in [1.54, 1.807) is 6.07 Å². The molecule has 3 N–H and O–H groups in total. The van der Waals surface area contributed by atoms with Crippen LogP contribution in [-0.4, -0.2) is 11.0 Å². The molecule has 1 aliphatic carbocycles. The largest absolute Gasteiger partial charge is 0.389 e. The molecule has 2 rings (SSSR count). The number of hydrogen-bond donors (Lipinski definition) is 2. The van der Waals surface area contributed by atoms with Crippen molar-refractivity contribution in [3.8, 4) is 0 Å². The fourth-order valence-electron chi connectivity index (χ4n) is 2.72. The van der Waals surface area contributed by atoms with Gasteiger partial charge in [-0.05, 0) is 49.3 Å². The van der Waals surface area contributed by atoms with Gasteiger partial charge in [0.15, 0.2) is 0 Å². The van der Waals surface area contributed by atoms with Gasteiger partial charge < -0.3 is 11.1 Å². The molecular weight excluding hydrogens is 259 g/mol. The minimum atomic E-state index is -0.352. The maximum atomic E-state index is 13.8. The summed E-state index contributed by atoms with van der Waals surface area (Å²) in [7, 11) is 0. The molecule has 2 nitrogen and oxygen atoms in total. The van der Waals surface area contributed by atoms with E-state index in [4.69, 9.17) is 18.0 Å². The zero-order valence-electron chi connectivity index (χ0n) is 11.4. The van der Waals surface area contributed by atoms with E-state index in [9.17, 15) is 4.39 Å². The Morgan fingerprint density at radius 2 is 2.05 bits per heavy atom. The van der Waals surface area contributed by atoms with Gasteiger partial charge in [-0.1, -0.05) is 26.1 Å². The summed E-state index contributed by atoms with van der Waals surface area (Å²) in [6.45, 7) is 4.59. The minimum Gasteiger partial charge on any atom is -0.389 e. The molecule has 4 heteroatoms. The monoisotopic (exact) mass is 280 g/mol. The number of anilines is 1. The van der Waals surface area contributed by atoms with Gasteiger partial charge in [0.25, 0.3) is 0 Å². The summed E-state index contributed by atoms with van der Waals surface area (Å²) < 4.78 is 13.8. The molecule has 104 valence electrons. The molecule has 0 aromatic heterocycles. The fraction of sp³-hybridized carbons (Fsp3) is 0.533. The second-order valence-electron chi connectivity index (χ2n) is 5.67. The Morgan fingerprint density at radius 1 is 1.32 bits per heavy atom. The average molecular weight is 280 g/mol. The molecule has 0 heterocycles. The van der Waals surface area contributed by atoms with E-state index in [-0.39, 0.29) is 10.8 Å². The fourth-order valence-corrected chi connectivity index (χ4v) is 2.88. The first-order chi connectivity index (χ1) is 8.97. The van der Waals surface area contributed by atoms with Crippen molar-refractivity contribution in [1.29, 1.82) is 0 Å². The Morgan fingerprint density at radius 3 is 2.63 bits per heavy atom. The van der Waals surface area contributed by atoms with Gasteiger partial charge in [-0.2, -0.15) is 0 Å². The number of rotatable bonds is 3. The van der Waals surface area contributed by atoms with Gasteiger partial charge in [-0.15, -0.1) is 0 Å². The lowest BCUT2D eigenvalue weighted by Gasteiger charge is -2.33. The topological polar surface area (TPSA) is 38.0 Å². The number of hydrogen-bond acceptors (Lipinski definition) is 2. The Balaban J connectivity index is 2.04. The van der Waals surface area contributed by atoms with Crippen LogP contribution in [0.25, 0.3) is 0 Å². The van der Waals surface area contributed by atoms with Crippen molar-refractivity contribution in [2.24, 2.45) is 17.6 Å².